The van der Waals surface area contributed by atoms with Crippen LogP contribution in [0.25, 0.3) is 5.57 Å². The van der Waals surface area contributed by atoms with Crippen LogP contribution in [0.4, 0.5) is 4.79 Å². The monoisotopic (exact) mass is 322 g/mol. The van der Waals surface area contributed by atoms with Crippen molar-refractivity contribution in [2.75, 3.05) is 0 Å². The number of ether oxygens (including phenoxy) is 1. The van der Waals surface area contributed by atoms with E-state index in [0.29, 0.717) is 11.9 Å². The van der Waals surface area contributed by atoms with Gasteiger partial charge in [-0.05, 0) is 22.8 Å². The number of benzene rings is 2. The van der Waals surface area contributed by atoms with Crippen LogP contribution < -0.4 is 11.1 Å². The van der Waals surface area contributed by atoms with Crippen LogP contribution in [0.5, 0.6) is 0 Å². The lowest BCUT2D eigenvalue weighted by atomic mass is 10.1. The Labute approximate surface area is 140 Å². The predicted molar refractivity (Wildman–Crippen MR) is 92.5 cm³/mol. The first kappa shape index (κ1) is 17.0. The molecule has 3 N–H and O–H groups in total. The Balaban J connectivity index is 2.00. The molecule has 0 aliphatic carbocycles. The molecule has 5 heteroatoms. The van der Waals surface area contributed by atoms with E-state index >= 15 is 0 Å². The fourth-order valence-electron chi connectivity index (χ4n) is 2.00. The highest BCUT2D eigenvalue weighted by molar-refractivity contribution is 5.87. The van der Waals surface area contributed by atoms with E-state index in [1.54, 1.807) is 0 Å². The van der Waals surface area contributed by atoms with Crippen molar-refractivity contribution in [3.8, 4) is 0 Å². The molecule has 0 saturated heterocycles. The maximum atomic E-state index is 11.8. The van der Waals surface area contributed by atoms with E-state index in [-0.39, 0.29) is 12.3 Å². The Hall–Kier alpha value is -3.34. The van der Waals surface area contributed by atoms with Gasteiger partial charge in [0.2, 0.25) is 0 Å². The molecule has 2 aromatic rings. The lowest BCUT2D eigenvalue weighted by Crippen LogP contribution is -2.24. The van der Waals surface area contributed by atoms with Gasteiger partial charge in [0, 0.05) is 6.20 Å². The molecule has 0 bridgehead atoms. The summed E-state index contributed by atoms with van der Waals surface area (Å²) in [4.78, 5) is 23.0. The molecule has 1 amide bonds. The minimum Gasteiger partial charge on any atom is -0.444 e. The first-order chi connectivity index (χ1) is 11.7. The lowest BCUT2D eigenvalue weighted by Gasteiger charge is -2.08. The van der Waals surface area contributed by atoms with Crippen LogP contribution in [0.3, 0.4) is 0 Å². The van der Waals surface area contributed by atoms with Gasteiger partial charge in [-0.25, -0.2) is 4.79 Å². The van der Waals surface area contributed by atoms with Gasteiger partial charge in [-0.15, -0.1) is 0 Å². The van der Waals surface area contributed by atoms with Crippen molar-refractivity contribution in [2.24, 2.45) is 5.73 Å². The maximum absolute atomic E-state index is 11.8. The summed E-state index contributed by atoms with van der Waals surface area (Å²) in [6.07, 6.45) is 2.69. The van der Waals surface area contributed by atoms with Crippen LogP contribution in [-0.4, -0.2) is 12.4 Å². The number of allylic oxidation sites excluding steroid dienone is 3. The molecule has 0 spiro atoms. The van der Waals surface area contributed by atoms with Gasteiger partial charge < -0.3 is 10.5 Å². The topological polar surface area (TPSA) is 81.4 Å². The normalized spacial score (nSPS) is 11.7. The van der Waals surface area contributed by atoms with Crippen molar-refractivity contribution in [1.82, 2.24) is 5.32 Å². The Bertz CT molecular complexity index is 738. The van der Waals surface area contributed by atoms with Gasteiger partial charge in [0.05, 0.1) is 5.70 Å². The minimum absolute atomic E-state index is 0.0635. The highest BCUT2D eigenvalue weighted by Gasteiger charge is 2.07. The number of hydrogen-bond donors (Lipinski definition) is 2. The van der Waals surface area contributed by atoms with Crippen LogP contribution in [0.2, 0.25) is 0 Å². The summed E-state index contributed by atoms with van der Waals surface area (Å²) in [6, 6.07) is 18.6. The molecule has 0 fully saturated rings. The Morgan fingerprint density at radius 1 is 1.04 bits per heavy atom. The average molecular weight is 322 g/mol. The zero-order chi connectivity index (χ0) is 17.2. The number of hydrogen-bond acceptors (Lipinski definition) is 4. The molecule has 5 nitrogen and oxygen atoms in total. The van der Waals surface area contributed by atoms with Crippen molar-refractivity contribution >= 4 is 18.0 Å². The van der Waals surface area contributed by atoms with E-state index < -0.39 is 6.09 Å². The first-order valence-corrected chi connectivity index (χ1v) is 7.35. The third-order valence-electron chi connectivity index (χ3n) is 3.18. The molecule has 0 unspecified atom stereocenters. The molecule has 0 atom stereocenters. The summed E-state index contributed by atoms with van der Waals surface area (Å²) >= 11 is 0. The summed E-state index contributed by atoms with van der Waals surface area (Å²) in [5, 5.41) is 2.41. The van der Waals surface area contributed by atoms with E-state index in [4.69, 9.17) is 10.5 Å². The highest BCUT2D eigenvalue weighted by atomic mass is 16.5. The van der Waals surface area contributed by atoms with Crippen molar-refractivity contribution in [3.63, 3.8) is 0 Å². The summed E-state index contributed by atoms with van der Waals surface area (Å²) in [7, 11) is 0. The van der Waals surface area contributed by atoms with Crippen LogP contribution in [0, 0.1) is 0 Å². The third kappa shape index (κ3) is 5.14. The van der Waals surface area contributed by atoms with E-state index in [9.17, 15) is 9.59 Å². The average Bonchev–Trinajstić information content (AvgIpc) is 2.65. The third-order valence-corrected chi connectivity index (χ3v) is 3.18. The molecule has 0 aliphatic rings. The fourth-order valence-corrected chi connectivity index (χ4v) is 2.00. The second-order valence-electron chi connectivity index (χ2n) is 4.89. The van der Waals surface area contributed by atoms with Gasteiger partial charge in [0.15, 0.2) is 6.29 Å². The summed E-state index contributed by atoms with van der Waals surface area (Å²) in [6.45, 7) is 0.122. The number of nitrogens with two attached hydrogens (primary N) is 1. The Morgan fingerprint density at radius 3 is 2.25 bits per heavy atom. The second kappa shape index (κ2) is 8.95. The smallest absolute Gasteiger partial charge is 0.412 e. The predicted octanol–water partition coefficient (Wildman–Crippen LogP) is 3.00. The van der Waals surface area contributed by atoms with Gasteiger partial charge in [-0.3, -0.25) is 10.1 Å². The Kier molecular flexibility index (Phi) is 6.35. The van der Waals surface area contributed by atoms with E-state index in [2.05, 4.69) is 5.32 Å². The molecule has 0 saturated carbocycles. The Morgan fingerprint density at radius 2 is 1.67 bits per heavy atom. The first-order valence-electron chi connectivity index (χ1n) is 7.35. The van der Waals surface area contributed by atoms with Gasteiger partial charge in [0.1, 0.15) is 6.61 Å². The number of carbonyl (C=O) groups excluding carboxylic acids is 2. The number of nitrogens with one attached hydrogen (secondary N) is 1. The minimum atomic E-state index is -0.707. The van der Waals surface area contributed by atoms with E-state index in [0.717, 1.165) is 11.1 Å². The molecule has 0 heterocycles. The highest BCUT2D eigenvalue weighted by Crippen LogP contribution is 2.15. The van der Waals surface area contributed by atoms with Crippen molar-refractivity contribution in [2.45, 2.75) is 6.61 Å². The van der Waals surface area contributed by atoms with Gasteiger partial charge >= 0.3 is 6.09 Å². The zero-order valence-electron chi connectivity index (χ0n) is 13.0. The summed E-state index contributed by atoms with van der Waals surface area (Å²) < 4.78 is 5.08. The quantitative estimate of drug-likeness (QED) is 0.487. The molecule has 0 aliphatic heterocycles. The zero-order valence-corrected chi connectivity index (χ0v) is 13.0. The second-order valence-corrected chi connectivity index (χ2v) is 4.89. The van der Waals surface area contributed by atoms with Crippen molar-refractivity contribution in [3.05, 3.63) is 89.8 Å². The van der Waals surface area contributed by atoms with Gasteiger partial charge in [-0.2, -0.15) is 0 Å². The molecule has 0 radical (unpaired) electrons. The van der Waals surface area contributed by atoms with Crippen molar-refractivity contribution in [1.29, 1.82) is 0 Å². The molecular formula is C19H18N2O3. The maximum Gasteiger partial charge on any atom is 0.412 e. The summed E-state index contributed by atoms with van der Waals surface area (Å²) in [5.41, 5.74) is 7.97. The number of carbonyl (C=O) groups is 2. The van der Waals surface area contributed by atoms with Gasteiger partial charge in [-0.1, -0.05) is 60.7 Å². The van der Waals surface area contributed by atoms with Crippen LogP contribution in [0.1, 0.15) is 11.1 Å². The SMILES string of the molecule is N/C=C(\C=C(/C=O)NC(=O)OCc1ccccc1)c1ccccc1. The molecule has 0 aromatic heterocycles. The van der Waals surface area contributed by atoms with Gasteiger partial charge in [0.25, 0.3) is 0 Å². The van der Waals surface area contributed by atoms with Crippen molar-refractivity contribution < 1.29 is 14.3 Å². The number of alkyl carbamates (subject to hydrolysis) is 1. The number of rotatable bonds is 6. The molecule has 2 rings (SSSR count). The molecule has 122 valence electrons. The molecule has 2 aromatic carbocycles. The largest absolute Gasteiger partial charge is 0.444 e. The molecular weight excluding hydrogens is 304 g/mol. The van der Waals surface area contributed by atoms with Crippen LogP contribution in [-0.2, 0) is 16.1 Å². The van der Waals surface area contributed by atoms with E-state index in [1.807, 2.05) is 60.7 Å². The standard InChI is InChI=1S/C19H18N2O3/c20-12-17(16-9-5-2-6-10-16)11-18(13-22)21-19(23)24-14-15-7-3-1-4-8-15/h1-13H,14,20H2,(H,21,23)/b17-12+,18-11+. The fraction of sp³-hybridized carbons (Fsp3) is 0.0526. The van der Waals surface area contributed by atoms with E-state index in [1.165, 1.54) is 12.3 Å². The number of aldehydes is 1. The van der Waals surface area contributed by atoms with Crippen LogP contribution >= 0.6 is 0 Å². The summed E-state index contributed by atoms with van der Waals surface area (Å²) in [5.74, 6) is 0. The molecule has 24 heavy (non-hydrogen) atoms. The lowest BCUT2D eigenvalue weighted by molar-refractivity contribution is -0.105. The van der Waals surface area contributed by atoms with Crippen LogP contribution in [0.15, 0.2) is 78.6 Å². The number of amides is 1.